The van der Waals surface area contributed by atoms with Crippen LogP contribution >= 0.6 is 7.82 Å². The van der Waals surface area contributed by atoms with Gasteiger partial charge in [0.05, 0.1) is 7.11 Å². The van der Waals surface area contributed by atoms with Gasteiger partial charge in [0.15, 0.2) is 0 Å². The Morgan fingerprint density at radius 1 is 1.50 bits per heavy atom. The van der Waals surface area contributed by atoms with E-state index in [2.05, 4.69) is 4.74 Å². The summed E-state index contributed by atoms with van der Waals surface area (Å²) in [5.74, 6) is -0.375. The molecule has 0 saturated carbocycles. The lowest BCUT2D eigenvalue weighted by Crippen LogP contribution is -2.27. The van der Waals surface area contributed by atoms with Crippen LogP contribution in [-0.4, -0.2) is 33.8 Å². The second kappa shape index (κ2) is 6.10. The van der Waals surface area contributed by atoms with E-state index in [0.717, 1.165) is 0 Å². The lowest BCUT2D eigenvalue weighted by Gasteiger charge is -1.98. The molecule has 0 aliphatic heterocycles. The van der Waals surface area contributed by atoms with Gasteiger partial charge in [-0.3, -0.25) is 4.79 Å². The largest absolute Gasteiger partial charge is 0.468 e. The second-order valence-corrected chi connectivity index (χ2v) is 2.85. The van der Waals surface area contributed by atoms with E-state index < -0.39 is 13.9 Å². The molecule has 0 fully saturated rings. The molecule has 0 amide bonds. The van der Waals surface area contributed by atoms with Gasteiger partial charge < -0.3 is 25.2 Å². The standard InChI is InChI=1S/C4H9NO2.H3O4P/c1-3(5)4(6)7-2;1-5(2,3)4/h3H,5H2,1-2H3;(H3,1,2,3,4). The van der Waals surface area contributed by atoms with Crippen LogP contribution in [0.5, 0.6) is 0 Å². The Bertz CT molecular complexity index is 166. The fourth-order valence-electron chi connectivity index (χ4n) is 0.186. The van der Waals surface area contributed by atoms with Crippen LogP contribution in [0.2, 0.25) is 0 Å². The van der Waals surface area contributed by atoms with E-state index in [0.29, 0.717) is 0 Å². The van der Waals surface area contributed by atoms with Gasteiger partial charge in [0.25, 0.3) is 0 Å². The van der Waals surface area contributed by atoms with Gasteiger partial charge in [0.2, 0.25) is 0 Å². The Kier molecular flexibility index (Phi) is 7.16. The predicted octanol–water partition coefficient (Wildman–Crippen LogP) is -1.42. The smallest absolute Gasteiger partial charge is 0.466 e. The lowest BCUT2D eigenvalue weighted by atomic mass is 10.4. The highest BCUT2D eigenvalue weighted by Gasteiger charge is 2.03. The van der Waals surface area contributed by atoms with Crippen molar-refractivity contribution >= 4 is 13.8 Å². The summed E-state index contributed by atoms with van der Waals surface area (Å²) in [6.45, 7) is 1.58. The van der Waals surface area contributed by atoms with Crippen LogP contribution in [0, 0.1) is 0 Å². The number of ether oxygens (including phenoxy) is 1. The first-order chi connectivity index (χ1) is 5.18. The van der Waals surface area contributed by atoms with E-state index in [-0.39, 0.29) is 5.97 Å². The minimum absolute atomic E-state index is 0.375. The predicted molar refractivity (Wildman–Crippen MR) is 39.9 cm³/mol. The van der Waals surface area contributed by atoms with Crippen LogP contribution < -0.4 is 5.73 Å². The van der Waals surface area contributed by atoms with Crippen molar-refractivity contribution in [2.75, 3.05) is 7.11 Å². The van der Waals surface area contributed by atoms with E-state index in [1.54, 1.807) is 6.92 Å². The molecule has 1 atom stereocenters. The van der Waals surface area contributed by atoms with Crippen molar-refractivity contribution in [2.24, 2.45) is 5.73 Å². The zero-order valence-electron chi connectivity index (χ0n) is 6.67. The molecule has 1 unspecified atom stereocenters. The number of carbonyl (C=O) groups is 1. The maximum atomic E-state index is 10.2. The minimum atomic E-state index is -4.64. The highest BCUT2D eigenvalue weighted by molar-refractivity contribution is 7.45. The molecule has 0 aromatic carbocycles. The molecule has 7 nitrogen and oxygen atoms in total. The monoisotopic (exact) mass is 201 g/mol. The molecule has 0 saturated heterocycles. The number of phosphoric acid groups is 1. The van der Waals surface area contributed by atoms with Crippen LogP contribution in [-0.2, 0) is 14.1 Å². The highest BCUT2D eigenvalue weighted by atomic mass is 31.2. The first-order valence-electron chi connectivity index (χ1n) is 2.80. The van der Waals surface area contributed by atoms with Gasteiger partial charge in [-0.1, -0.05) is 0 Å². The van der Waals surface area contributed by atoms with Crippen molar-refractivity contribution in [3.63, 3.8) is 0 Å². The molecule has 0 spiro atoms. The molecule has 0 rings (SSSR count). The molecule has 0 radical (unpaired) electrons. The third kappa shape index (κ3) is 22.7. The average Bonchev–Trinajstić information content (AvgIpc) is 1.82. The van der Waals surface area contributed by atoms with E-state index >= 15 is 0 Å². The molecule has 0 aliphatic carbocycles. The van der Waals surface area contributed by atoms with Crippen molar-refractivity contribution in [2.45, 2.75) is 13.0 Å². The number of methoxy groups -OCH3 is 1. The summed E-state index contributed by atoms with van der Waals surface area (Å²) in [6.07, 6.45) is 0. The second-order valence-electron chi connectivity index (χ2n) is 1.83. The van der Waals surface area contributed by atoms with Crippen molar-refractivity contribution in [3.8, 4) is 0 Å². The molecule has 0 bridgehead atoms. The van der Waals surface area contributed by atoms with Gasteiger partial charge in [-0.15, -0.1) is 0 Å². The summed E-state index contributed by atoms with van der Waals surface area (Å²) in [7, 11) is -3.33. The molecule has 0 aromatic heterocycles. The lowest BCUT2D eigenvalue weighted by molar-refractivity contribution is -0.141. The zero-order chi connectivity index (χ0) is 10.4. The number of nitrogens with two attached hydrogens (primary N) is 1. The first kappa shape index (κ1) is 14.1. The Morgan fingerprint density at radius 3 is 1.75 bits per heavy atom. The average molecular weight is 201 g/mol. The third-order valence-corrected chi connectivity index (χ3v) is 0.573. The van der Waals surface area contributed by atoms with Gasteiger partial charge >= 0.3 is 13.8 Å². The van der Waals surface area contributed by atoms with E-state index in [1.807, 2.05) is 0 Å². The summed E-state index contributed by atoms with van der Waals surface area (Å²) >= 11 is 0. The van der Waals surface area contributed by atoms with Crippen LogP contribution in [0.15, 0.2) is 0 Å². The Labute approximate surface area is 69.4 Å². The SMILES string of the molecule is COC(=O)C(C)N.O=P(O)(O)O. The van der Waals surface area contributed by atoms with E-state index in [9.17, 15) is 4.79 Å². The molecule has 0 aromatic rings. The Morgan fingerprint density at radius 2 is 1.75 bits per heavy atom. The van der Waals surface area contributed by atoms with Crippen LogP contribution in [0.3, 0.4) is 0 Å². The molecule has 8 heteroatoms. The summed E-state index contributed by atoms with van der Waals surface area (Å²) in [5, 5.41) is 0. The molecular formula is C4H12NO6P. The van der Waals surface area contributed by atoms with Crippen molar-refractivity contribution in [1.29, 1.82) is 0 Å². The van der Waals surface area contributed by atoms with Gasteiger partial charge in [0, 0.05) is 0 Å². The Hall–Kier alpha value is -0.460. The summed E-state index contributed by atoms with van der Waals surface area (Å²) in [6, 6.07) is -0.495. The summed E-state index contributed by atoms with van der Waals surface area (Å²) < 4.78 is 13.1. The number of hydrogen-bond donors (Lipinski definition) is 4. The summed E-state index contributed by atoms with van der Waals surface area (Å²) in [5.41, 5.74) is 5.07. The Balaban J connectivity index is 0. The highest BCUT2D eigenvalue weighted by Crippen LogP contribution is 2.25. The fraction of sp³-hybridized carbons (Fsp3) is 0.750. The van der Waals surface area contributed by atoms with Gasteiger partial charge in [-0.2, -0.15) is 0 Å². The molecule has 0 heterocycles. The molecule has 0 aliphatic rings. The first-order valence-corrected chi connectivity index (χ1v) is 4.36. The normalized spacial score (nSPS) is 12.5. The van der Waals surface area contributed by atoms with Crippen LogP contribution in [0.1, 0.15) is 6.92 Å². The zero-order valence-corrected chi connectivity index (χ0v) is 7.56. The molecule has 74 valence electrons. The number of carbonyl (C=O) groups excluding carboxylic acids is 1. The number of hydrogen-bond acceptors (Lipinski definition) is 4. The fourth-order valence-corrected chi connectivity index (χ4v) is 0.186. The molecule has 12 heavy (non-hydrogen) atoms. The van der Waals surface area contributed by atoms with E-state index in [4.69, 9.17) is 25.0 Å². The topological polar surface area (TPSA) is 130 Å². The van der Waals surface area contributed by atoms with Crippen molar-refractivity contribution < 1.29 is 28.8 Å². The van der Waals surface area contributed by atoms with Crippen molar-refractivity contribution in [1.82, 2.24) is 0 Å². The number of esters is 1. The summed E-state index contributed by atoms with van der Waals surface area (Å²) in [4.78, 5) is 31.7. The molecule has 5 N–H and O–H groups in total. The van der Waals surface area contributed by atoms with Crippen LogP contribution in [0.25, 0.3) is 0 Å². The quantitative estimate of drug-likeness (QED) is 0.302. The van der Waals surface area contributed by atoms with Crippen LogP contribution in [0.4, 0.5) is 0 Å². The maximum Gasteiger partial charge on any atom is 0.466 e. The molecular weight excluding hydrogens is 189 g/mol. The van der Waals surface area contributed by atoms with Gasteiger partial charge in [0.1, 0.15) is 6.04 Å². The number of rotatable bonds is 1. The van der Waals surface area contributed by atoms with E-state index in [1.165, 1.54) is 7.11 Å². The van der Waals surface area contributed by atoms with Crippen molar-refractivity contribution in [3.05, 3.63) is 0 Å². The minimum Gasteiger partial charge on any atom is -0.468 e. The van der Waals surface area contributed by atoms with Gasteiger partial charge in [-0.05, 0) is 6.92 Å². The third-order valence-electron chi connectivity index (χ3n) is 0.573. The van der Waals surface area contributed by atoms with Gasteiger partial charge in [-0.25, -0.2) is 4.57 Å². The maximum absolute atomic E-state index is 10.2.